The first-order valence-corrected chi connectivity index (χ1v) is 12.9. The Hall–Kier alpha value is -0.420. The molecule has 0 amide bonds. The number of methoxy groups -OCH3 is 2. The van der Waals surface area contributed by atoms with Gasteiger partial charge in [-0.05, 0) is 81.0 Å². The molecular weight excluding hydrogens is 372 g/mol. The summed E-state index contributed by atoms with van der Waals surface area (Å²) < 4.78 is 23.6. The molecule has 5 saturated carbocycles. The van der Waals surface area contributed by atoms with Crippen LogP contribution in [-0.4, -0.2) is 42.5 Å². The van der Waals surface area contributed by atoms with Crippen LogP contribution in [0.4, 0.5) is 0 Å². The highest BCUT2D eigenvalue weighted by molar-refractivity contribution is 7.84. The molecule has 5 fully saturated rings. The molecule has 0 aromatic carbocycles. The van der Waals surface area contributed by atoms with E-state index in [1.54, 1.807) is 7.11 Å². The minimum Gasteiger partial charge on any atom is -0.469 e. The van der Waals surface area contributed by atoms with Crippen molar-refractivity contribution >= 4 is 16.8 Å². The molecule has 5 aliphatic carbocycles. The van der Waals surface area contributed by atoms with Gasteiger partial charge in [0.1, 0.15) is 0 Å². The van der Waals surface area contributed by atoms with Crippen molar-refractivity contribution in [1.29, 1.82) is 0 Å². The van der Waals surface area contributed by atoms with E-state index in [1.165, 1.54) is 25.7 Å². The minimum absolute atomic E-state index is 0.0112. The number of carbonyl (C=O) groups excluding carboxylic acids is 1. The van der Waals surface area contributed by atoms with E-state index >= 15 is 0 Å². The van der Waals surface area contributed by atoms with Crippen LogP contribution in [0.15, 0.2) is 0 Å². The van der Waals surface area contributed by atoms with Gasteiger partial charge in [0.25, 0.3) is 0 Å². The van der Waals surface area contributed by atoms with Crippen molar-refractivity contribution in [2.75, 3.05) is 26.2 Å². The third-order valence-electron chi connectivity index (χ3n) is 9.78. The largest absolute Gasteiger partial charge is 0.469 e. The summed E-state index contributed by atoms with van der Waals surface area (Å²) in [6.07, 6.45) is 11.3. The van der Waals surface area contributed by atoms with Crippen LogP contribution < -0.4 is 0 Å². The van der Waals surface area contributed by atoms with E-state index < -0.39 is 10.8 Å². The fourth-order valence-corrected chi connectivity index (χ4v) is 9.82. The summed E-state index contributed by atoms with van der Waals surface area (Å²) in [6, 6.07) is 0. The maximum Gasteiger partial charge on any atom is 0.311 e. The molecule has 5 aliphatic rings. The van der Waals surface area contributed by atoms with E-state index in [-0.39, 0.29) is 28.3 Å². The predicted octanol–water partition coefficient (Wildman–Crippen LogP) is 4.19. The summed E-state index contributed by atoms with van der Waals surface area (Å²) in [5, 5.41) is 0. The predicted molar refractivity (Wildman–Crippen MR) is 111 cm³/mol. The Labute approximate surface area is 173 Å². The van der Waals surface area contributed by atoms with Crippen LogP contribution in [0.25, 0.3) is 0 Å². The van der Waals surface area contributed by atoms with Crippen molar-refractivity contribution in [2.45, 2.75) is 71.3 Å². The topological polar surface area (TPSA) is 52.6 Å². The second-order valence-electron chi connectivity index (χ2n) is 10.7. The Balaban J connectivity index is 1.72. The number of hydrogen-bond donors (Lipinski definition) is 0. The van der Waals surface area contributed by atoms with Crippen molar-refractivity contribution in [3.8, 4) is 0 Å². The quantitative estimate of drug-likeness (QED) is 0.652. The van der Waals surface area contributed by atoms with Gasteiger partial charge in [0.15, 0.2) is 0 Å². The number of ether oxygens (including phenoxy) is 2. The molecule has 1 spiro atoms. The normalized spacial score (nSPS) is 51.1. The first kappa shape index (κ1) is 20.8. The van der Waals surface area contributed by atoms with Gasteiger partial charge >= 0.3 is 5.97 Å². The van der Waals surface area contributed by atoms with Crippen LogP contribution in [0.3, 0.4) is 0 Å². The van der Waals surface area contributed by atoms with Crippen LogP contribution in [0.5, 0.6) is 0 Å². The molecule has 2 bridgehead atoms. The highest BCUT2D eigenvalue weighted by Crippen LogP contribution is 2.72. The van der Waals surface area contributed by atoms with Crippen molar-refractivity contribution in [2.24, 2.45) is 39.9 Å². The monoisotopic (exact) mass is 410 g/mol. The molecule has 0 aliphatic heterocycles. The van der Waals surface area contributed by atoms with E-state index in [0.717, 1.165) is 31.4 Å². The van der Waals surface area contributed by atoms with Gasteiger partial charge in [-0.25, -0.2) is 0 Å². The van der Waals surface area contributed by atoms with Gasteiger partial charge in [0.05, 0.1) is 18.6 Å². The Kier molecular flexibility index (Phi) is 5.27. The number of fused-ring (bicyclic) bond motifs is 3. The van der Waals surface area contributed by atoms with Crippen molar-refractivity contribution in [3.63, 3.8) is 0 Å². The Bertz CT molecular complexity index is 665. The van der Waals surface area contributed by atoms with Crippen LogP contribution in [0.2, 0.25) is 0 Å². The molecule has 1 unspecified atom stereocenters. The van der Waals surface area contributed by atoms with Gasteiger partial charge in [0.2, 0.25) is 0 Å². The summed E-state index contributed by atoms with van der Waals surface area (Å²) >= 11 is 0. The van der Waals surface area contributed by atoms with Crippen LogP contribution >= 0.6 is 0 Å². The van der Waals surface area contributed by atoms with Gasteiger partial charge in [0, 0.05) is 35.3 Å². The molecule has 0 N–H and O–H groups in total. The van der Waals surface area contributed by atoms with Crippen LogP contribution in [-0.2, 0) is 25.1 Å². The summed E-state index contributed by atoms with van der Waals surface area (Å²) in [6.45, 7) is 4.64. The highest BCUT2D eigenvalue weighted by Gasteiger charge is 2.69. The second kappa shape index (κ2) is 7.08. The van der Waals surface area contributed by atoms with E-state index in [1.807, 2.05) is 13.4 Å². The first-order chi connectivity index (χ1) is 13.2. The van der Waals surface area contributed by atoms with Gasteiger partial charge in [-0.3, -0.25) is 9.00 Å². The zero-order valence-electron chi connectivity index (χ0n) is 18.3. The minimum atomic E-state index is -0.782. The van der Waals surface area contributed by atoms with Crippen molar-refractivity contribution < 1.29 is 18.5 Å². The molecule has 0 aromatic heterocycles. The summed E-state index contributed by atoms with van der Waals surface area (Å²) in [4.78, 5) is 12.8. The maximum absolute atomic E-state index is 12.8. The standard InChI is InChI=1S/C23H38O4S/c1-21-9-6-10-22(2,20(24)27-4)17(21)8-12-23-11-7-15(13-18(21)23)16(14-28(5)25)19(23)26-3/h15-19H,6-14H2,1-5H3/t15-,16+,17+,18+,19-,21-,22-,23+,28?/m1/s1. The molecule has 5 rings (SSSR count). The lowest BCUT2D eigenvalue weighted by Gasteiger charge is -2.70. The number of carbonyl (C=O) groups is 1. The van der Waals surface area contributed by atoms with Crippen LogP contribution in [0.1, 0.15) is 65.2 Å². The first-order valence-electron chi connectivity index (χ1n) is 11.1. The lowest BCUT2D eigenvalue weighted by Crippen LogP contribution is -2.67. The van der Waals surface area contributed by atoms with E-state index in [2.05, 4.69) is 13.8 Å². The van der Waals surface area contributed by atoms with E-state index in [4.69, 9.17) is 9.47 Å². The Morgan fingerprint density at radius 3 is 2.43 bits per heavy atom. The molecule has 0 heterocycles. The van der Waals surface area contributed by atoms with Crippen molar-refractivity contribution in [3.05, 3.63) is 0 Å². The zero-order valence-corrected chi connectivity index (χ0v) is 19.1. The molecule has 5 heteroatoms. The molecule has 28 heavy (non-hydrogen) atoms. The summed E-state index contributed by atoms with van der Waals surface area (Å²) in [7, 11) is 2.63. The van der Waals surface area contributed by atoms with Crippen LogP contribution in [0, 0.1) is 39.9 Å². The smallest absolute Gasteiger partial charge is 0.311 e. The molecule has 4 nitrogen and oxygen atoms in total. The molecular formula is C23H38O4S. The molecule has 160 valence electrons. The number of rotatable bonds is 4. The average Bonchev–Trinajstić information content (AvgIpc) is 2.66. The lowest BCUT2D eigenvalue weighted by atomic mass is 9.35. The molecule has 0 saturated heterocycles. The SMILES string of the molecule is COC(=O)[C@]1(C)CCC[C@@]2(C)[C@@H]3C[C@H]4CC[C@@]3(CC[C@@H]21)[C@H](OC)[C@H]4CS(C)=O. The fraction of sp³-hybridized carbons (Fsp3) is 0.957. The third kappa shape index (κ3) is 2.71. The van der Waals surface area contributed by atoms with Gasteiger partial charge in [-0.2, -0.15) is 0 Å². The van der Waals surface area contributed by atoms with Gasteiger partial charge in [-0.15, -0.1) is 0 Å². The second-order valence-corrected chi connectivity index (χ2v) is 12.2. The van der Waals surface area contributed by atoms with E-state index in [0.29, 0.717) is 23.7 Å². The Morgan fingerprint density at radius 2 is 1.79 bits per heavy atom. The third-order valence-corrected chi connectivity index (χ3v) is 10.6. The highest BCUT2D eigenvalue weighted by atomic mass is 32.2. The number of esters is 1. The van der Waals surface area contributed by atoms with Gasteiger partial charge < -0.3 is 9.47 Å². The number of hydrogen-bond acceptors (Lipinski definition) is 4. The zero-order chi connectivity index (χ0) is 20.3. The summed E-state index contributed by atoms with van der Waals surface area (Å²) in [5.41, 5.74) is 0.0192. The maximum atomic E-state index is 12.8. The molecule has 9 atom stereocenters. The summed E-state index contributed by atoms with van der Waals surface area (Å²) in [5.74, 6) is 2.81. The van der Waals surface area contributed by atoms with Crippen molar-refractivity contribution in [1.82, 2.24) is 0 Å². The average molecular weight is 411 g/mol. The molecule has 0 aromatic rings. The fourth-order valence-electron chi connectivity index (χ4n) is 8.83. The Morgan fingerprint density at radius 1 is 1.07 bits per heavy atom. The lowest BCUT2D eigenvalue weighted by molar-refractivity contribution is -0.248. The van der Waals surface area contributed by atoms with E-state index in [9.17, 15) is 9.00 Å². The molecule has 0 radical (unpaired) electrons. The van der Waals surface area contributed by atoms with Gasteiger partial charge in [-0.1, -0.05) is 13.3 Å².